The number of anilines is 2. The van der Waals surface area contributed by atoms with Gasteiger partial charge in [-0.2, -0.15) is 4.99 Å². The summed E-state index contributed by atoms with van der Waals surface area (Å²) in [6, 6.07) is 0.908. The van der Waals surface area contributed by atoms with E-state index >= 15 is 0 Å². The third-order valence-corrected chi connectivity index (χ3v) is 9.51. The number of amidine groups is 1. The third-order valence-electron chi connectivity index (χ3n) is 9.51. The number of methoxy groups -OCH3 is 11. The molecule has 57 heavy (non-hydrogen) atoms. The highest BCUT2D eigenvalue weighted by molar-refractivity contribution is 6.19. The van der Waals surface area contributed by atoms with E-state index in [4.69, 9.17) is 56.8 Å². The van der Waals surface area contributed by atoms with Gasteiger partial charge in [-0.1, -0.05) is 0 Å². The summed E-state index contributed by atoms with van der Waals surface area (Å²) in [6.07, 6.45) is 0. The predicted molar refractivity (Wildman–Crippen MR) is 191 cm³/mol. The largest absolute Gasteiger partial charge is 0.496 e. The fourth-order valence-electron chi connectivity index (χ4n) is 7.07. The summed E-state index contributed by atoms with van der Waals surface area (Å²) in [7, 11) is 12.6. The average Bonchev–Trinajstić information content (AvgIpc) is 3.73. The van der Waals surface area contributed by atoms with Crippen molar-refractivity contribution in [3.05, 3.63) is 45.8 Å². The van der Waals surface area contributed by atoms with Crippen molar-refractivity contribution >= 4 is 53.0 Å². The van der Waals surface area contributed by atoms with E-state index in [2.05, 4.69) is 4.99 Å². The van der Waals surface area contributed by atoms with Crippen LogP contribution in [-0.2, 0) is 47.5 Å². The van der Waals surface area contributed by atoms with Gasteiger partial charge in [0.05, 0.1) is 71.1 Å². The maximum absolute atomic E-state index is 14.4. The molecular formula is C36H39N3O18. The number of fused-ring (bicyclic) bond motifs is 2. The molecule has 3 aliphatic heterocycles. The van der Waals surface area contributed by atoms with Gasteiger partial charge in [0.1, 0.15) is 62.6 Å². The van der Waals surface area contributed by atoms with E-state index in [0.29, 0.717) is 0 Å². The van der Waals surface area contributed by atoms with Gasteiger partial charge in [0.25, 0.3) is 0 Å². The second-order valence-corrected chi connectivity index (χ2v) is 11.8. The Kier molecular flexibility index (Phi) is 11.7. The van der Waals surface area contributed by atoms with E-state index in [1.807, 2.05) is 0 Å². The fourth-order valence-corrected chi connectivity index (χ4v) is 7.07. The van der Waals surface area contributed by atoms with Crippen LogP contribution >= 0.6 is 0 Å². The third kappa shape index (κ3) is 6.19. The van der Waals surface area contributed by atoms with Crippen molar-refractivity contribution in [1.29, 1.82) is 0 Å². The molecule has 5 rings (SSSR count). The van der Waals surface area contributed by atoms with E-state index in [1.165, 1.54) is 57.5 Å². The summed E-state index contributed by atoms with van der Waals surface area (Å²) in [5.41, 5.74) is -4.04. The Labute approximate surface area is 324 Å². The van der Waals surface area contributed by atoms with Crippen LogP contribution in [0, 0.1) is 5.92 Å². The van der Waals surface area contributed by atoms with E-state index in [9.17, 15) is 28.8 Å². The molecule has 21 heteroatoms. The number of benzene rings is 2. The maximum atomic E-state index is 14.4. The lowest BCUT2D eigenvalue weighted by atomic mass is 9.93. The fraction of sp³-hybridized carbons (Fsp3) is 0.417. The first kappa shape index (κ1) is 41.4. The van der Waals surface area contributed by atoms with Crippen LogP contribution in [0.5, 0.6) is 23.0 Å². The van der Waals surface area contributed by atoms with E-state index < -0.39 is 66.1 Å². The Bertz CT molecular complexity index is 2110. The number of hydrogen-bond acceptors (Lipinski definition) is 21. The molecular weight excluding hydrogens is 762 g/mol. The van der Waals surface area contributed by atoms with Gasteiger partial charge in [0.2, 0.25) is 5.88 Å². The number of carbonyl (C=O) groups is 6. The van der Waals surface area contributed by atoms with Gasteiger partial charge in [0.15, 0.2) is 29.9 Å². The molecule has 0 radical (unpaired) electrons. The molecule has 3 atom stereocenters. The van der Waals surface area contributed by atoms with Gasteiger partial charge in [-0.15, -0.1) is 0 Å². The molecule has 306 valence electrons. The Hall–Kier alpha value is -6.77. The topological polar surface area (TPSA) is 232 Å². The van der Waals surface area contributed by atoms with Gasteiger partial charge >= 0.3 is 35.8 Å². The molecule has 0 bridgehead atoms. The van der Waals surface area contributed by atoms with Crippen LogP contribution in [0.2, 0.25) is 0 Å². The lowest BCUT2D eigenvalue weighted by Crippen LogP contribution is -2.50. The number of aliphatic imine (C=N–C) groups is 1. The van der Waals surface area contributed by atoms with Gasteiger partial charge in [0, 0.05) is 7.11 Å². The number of hydrogen-bond donors (Lipinski definition) is 0. The molecule has 2 aromatic carbocycles. The smallest absolute Gasteiger partial charge is 0.343 e. The van der Waals surface area contributed by atoms with E-state index in [0.717, 1.165) is 42.7 Å². The predicted octanol–water partition coefficient (Wildman–Crippen LogP) is 1.48. The second kappa shape index (κ2) is 16.1. The van der Waals surface area contributed by atoms with E-state index in [1.54, 1.807) is 0 Å². The summed E-state index contributed by atoms with van der Waals surface area (Å²) in [5, 5.41) is 0. The summed E-state index contributed by atoms with van der Waals surface area (Å²) >= 11 is 0. The SMILES string of the molecule is COC(=O)C1=C(OC)N=C(N2COc3c(C(=O)OC)cc(OC)c(C(=O)OC)c32)C(C(=O)OC)C2(OC)C1N2c1c(OC)c(C(=O)OC)cc(OC)c1C(=O)OC. The van der Waals surface area contributed by atoms with Crippen molar-refractivity contribution in [2.24, 2.45) is 10.9 Å². The molecule has 3 heterocycles. The highest BCUT2D eigenvalue weighted by atomic mass is 16.6. The number of carbonyl (C=O) groups excluding carboxylic acids is 6. The van der Waals surface area contributed by atoms with Gasteiger partial charge < -0.3 is 61.7 Å². The summed E-state index contributed by atoms with van der Waals surface area (Å²) in [4.78, 5) is 89.0. The normalized spacial score (nSPS) is 19.0. The van der Waals surface area contributed by atoms with Crippen molar-refractivity contribution in [3.63, 3.8) is 0 Å². The first-order chi connectivity index (χ1) is 27.3. The minimum Gasteiger partial charge on any atom is -0.496 e. The van der Waals surface area contributed by atoms with Crippen molar-refractivity contribution in [1.82, 2.24) is 0 Å². The van der Waals surface area contributed by atoms with Crippen molar-refractivity contribution < 1.29 is 85.6 Å². The Morgan fingerprint density at radius 3 is 1.65 bits per heavy atom. The van der Waals surface area contributed by atoms with Crippen LogP contribution < -0.4 is 28.7 Å². The molecule has 3 aliphatic rings. The lowest BCUT2D eigenvalue weighted by molar-refractivity contribution is -0.148. The first-order valence-electron chi connectivity index (χ1n) is 16.5. The molecule has 21 nitrogen and oxygen atoms in total. The number of nitrogens with zero attached hydrogens (tertiary/aromatic N) is 3. The quantitative estimate of drug-likeness (QED) is 0.168. The van der Waals surface area contributed by atoms with Gasteiger partial charge in [-0.3, -0.25) is 9.69 Å². The minimum atomic E-state index is -2.18. The molecule has 0 amide bonds. The molecule has 0 spiro atoms. The Morgan fingerprint density at radius 1 is 0.649 bits per heavy atom. The van der Waals surface area contributed by atoms with Crippen molar-refractivity contribution in [2.75, 3.05) is 94.7 Å². The molecule has 0 saturated carbocycles. The summed E-state index contributed by atoms with van der Waals surface area (Å²) < 4.78 is 65.5. The number of rotatable bonds is 12. The van der Waals surface area contributed by atoms with Crippen LogP contribution in [0.1, 0.15) is 41.4 Å². The van der Waals surface area contributed by atoms with Crippen LogP contribution in [0.15, 0.2) is 28.6 Å². The number of ether oxygens (including phenoxy) is 12. The average molecular weight is 802 g/mol. The zero-order valence-corrected chi connectivity index (χ0v) is 32.7. The lowest BCUT2D eigenvalue weighted by Gasteiger charge is -2.31. The van der Waals surface area contributed by atoms with Crippen LogP contribution in [0.3, 0.4) is 0 Å². The molecule has 2 aromatic rings. The minimum absolute atomic E-state index is 0.162. The van der Waals surface area contributed by atoms with Crippen molar-refractivity contribution in [2.45, 2.75) is 11.8 Å². The van der Waals surface area contributed by atoms with Gasteiger partial charge in [-0.25, -0.2) is 24.0 Å². The van der Waals surface area contributed by atoms with Crippen LogP contribution in [-0.4, -0.2) is 138 Å². The molecule has 0 aromatic heterocycles. The molecule has 3 unspecified atom stereocenters. The van der Waals surface area contributed by atoms with Crippen molar-refractivity contribution in [3.8, 4) is 23.0 Å². The van der Waals surface area contributed by atoms with Crippen LogP contribution in [0.4, 0.5) is 11.4 Å². The Morgan fingerprint density at radius 2 is 1.18 bits per heavy atom. The summed E-state index contributed by atoms with van der Waals surface area (Å²) in [5.74, 6) is -9.34. The first-order valence-corrected chi connectivity index (χ1v) is 16.5. The molecule has 1 fully saturated rings. The second-order valence-electron chi connectivity index (χ2n) is 11.8. The molecule has 0 N–H and O–H groups in total. The Balaban J connectivity index is 1.98. The molecule has 1 saturated heterocycles. The van der Waals surface area contributed by atoms with E-state index in [-0.39, 0.29) is 68.0 Å². The van der Waals surface area contributed by atoms with Gasteiger partial charge in [-0.05, 0) is 12.1 Å². The maximum Gasteiger partial charge on any atom is 0.343 e. The van der Waals surface area contributed by atoms with Crippen LogP contribution in [0.25, 0.3) is 0 Å². The highest BCUT2D eigenvalue weighted by Crippen LogP contribution is 2.62. The number of esters is 6. The zero-order chi connectivity index (χ0) is 42.1. The standard InChI is InChI=1S/C36H39N3O18/c1-46-17-13-16(31(41)51-6)26-23(19(17)32(42)52-7)38(14-57-26)28-22(35(45)55-10)36(56-11)27(21(34(44)54-9)29(37-28)49-4)39(36)24-20(33(43)53-8)18(47-2)12-15(25(24)48-3)30(40)50-5/h12-13,22,27H,14H2,1-11H3. The zero-order valence-electron chi connectivity index (χ0n) is 32.7. The molecule has 0 aliphatic carbocycles. The monoisotopic (exact) mass is 801 g/mol. The highest BCUT2D eigenvalue weighted by Gasteiger charge is 2.77. The summed E-state index contributed by atoms with van der Waals surface area (Å²) in [6.45, 7) is -0.541.